The van der Waals surface area contributed by atoms with Gasteiger partial charge in [-0.3, -0.25) is 0 Å². The van der Waals surface area contributed by atoms with E-state index in [9.17, 15) is 0 Å². The van der Waals surface area contributed by atoms with Crippen molar-refractivity contribution in [1.29, 1.82) is 0 Å². The number of fused-ring (bicyclic) bond motifs is 1. The van der Waals surface area contributed by atoms with Crippen LogP contribution in [0.25, 0.3) is 11.0 Å². The highest BCUT2D eigenvalue weighted by Crippen LogP contribution is 2.27. The third kappa shape index (κ3) is 1.75. The second-order valence-corrected chi connectivity index (χ2v) is 3.43. The molecule has 1 heterocycles. The zero-order valence-corrected chi connectivity index (χ0v) is 9.22. The van der Waals surface area contributed by atoms with E-state index in [0.29, 0.717) is 0 Å². The Bertz CT molecular complexity index is 476. The van der Waals surface area contributed by atoms with Crippen LogP contribution < -0.4 is 10.1 Å². The molecule has 0 saturated heterocycles. The quantitative estimate of drug-likeness (QED) is 0.808. The first-order valence-electron chi connectivity index (χ1n) is 5.02. The third-order valence-electron chi connectivity index (χ3n) is 2.27. The number of hydrogen-bond acceptors (Lipinski definition) is 3. The largest absolute Gasteiger partial charge is 0.494 e. The van der Waals surface area contributed by atoms with E-state index in [1.54, 1.807) is 7.11 Å². The monoisotopic (exact) mass is 205 g/mol. The fraction of sp³-hybridized carbons (Fsp3) is 0.364. The number of aryl methyl sites for hydroxylation is 1. The molecule has 0 spiro atoms. The summed E-state index contributed by atoms with van der Waals surface area (Å²) in [6, 6.07) is 4.01. The van der Waals surface area contributed by atoms with E-state index in [0.717, 1.165) is 34.8 Å². The molecule has 15 heavy (non-hydrogen) atoms. The van der Waals surface area contributed by atoms with Crippen molar-refractivity contribution in [3.63, 3.8) is 0 Å². The van der Waals surface area contributed by atoms with E-state index in [1.165, 1.54) is 0 Å². The summed E-state index contributed by atoms with van der Waals surface area (Å²) in [6.45, 7) is 4.89. The topological polar surface area (TPSA) is 49.9 Å². The average Bonchev–Trinajstić information content (AvgIpc) is 2.57. The third-order valence-corrected chi connectivity index (χ3v) is 2.27. The van der Waals surface area contributed by atoms with E-state index in [2.05, 4.69) is 22.2 Å². The SMILES string of the molecule is CCNc1cc(OC)c2nc(C)[nH]c2c1. The zero-order chi connectivity index (χ0) is 10.8. The number of benzene rings is 1. The van der Waals surface area contributed by atoms with E-state index < -0.39 is 0 Å². The van der Waals surface area contributed by atoms with Gasteiger partial charge >= 0.3 is 0 Å². The summed E-state index contributed by atoms with van der Waals surface area (Å²) < 4.78 is 5.31. The predicted octanol–water partition coefficient (Wildman–Crippen LogP) is 2.31. The molecule has 0 aliphatic rings. The highest BCUT2D eigenvalue weighted by atomic mass is 16.5. The molecule has 0 unspecified atom stereocenters. The lowest BCUT2D eigenvalue weighted by atomic mass is 10.2. The van der Waals surface area contributed by atoms with Crippen LogP contribution in [-0.4, -0.2) is 23.6 Å². The van der Waals surface area contributed by atoms with Gasteiger partial charge in [0.15, 0.2) is 0 Å². The number of nitrogens with zero attached hydrogens (tertiary/aromatic N) is 1. The average molecular weight is 205 g/mol. The summed E-state index contributed by atoms with van der Waals surface area (Å²) >= 11 is 0. The van der Waals surface area contributed by atoms with Crippen LogP contribution in [0.3, 0.4) is 0 Å². The van der Waals surface area contributed by atoms with Gasteiger partial charge in [0.2, 0.25) is 0 Å². The molecule has 0 amide bonds. The maximum absolute atomic E-state index is 5.31. The van der Waals surface area contributed by atoms with Crippen molar-refractivity contribution in [2.24, 2.45) is 0 Å². The maximum atomic E-state index is 5.31. The Morgan fingerprint density at radius 2 is 2.27 bits per heavy atom. The molecule has 80 valence electrons. The number of ether oxygens (including phenoxy) is 1. The summed E-state index contributed by atoms with van der Waals surface area (Å²) in [5.74, 6) is 1.70. The van der Waals surface area contributed by atoms with Crippen LogP contribution in [0.15, 0.2) is 12.1 Å². The van der Waals surface area contributed by atoms with Crippen molar-refractivity contribution in [1.82, 2.24) is 9.97 Å². The van der Waals surface area contributed by atoms with E-state index in [1.807, 2.05) is 19.1 Å². The molecular formula is C11H15N3O. The Hall–Kier alpha value is -1.71. The summed E-state index contributed by atoms with van der Waals surface area (Å²) in [7, 11) is 1.66. The minimum Gasteiger partial charge on any atom is -0.494 e. The number of hydrogen-bond donors (Lipinski definition) is 2. The molecule has 0 aliphatic carbocycles. The van der Waals surface area contributed by atoms with Gasteiger partial charge in [0, 0.05) is 18.3 Å². The van der Waals surface area contributed by atoms with Crippen molar-refractivity contribution in [2.75, 3.05) is 19.0 Å². The molecule has 0 bridgehead atoms. The molecule has 0 atom stereocenters. The summed E-state index contributed by atoms with van der Waals surface area (Å²) in [4.78, 5) is 7.58. The number of methoxy groups -OCH3 is 1. The van der Waals surface area contributed by atoms with Gasteiger partial charge in [-0.15, -0.1) is 0 Å². The number of aromatic nitrogens is 2. The lowest BCUT2D eigenvalue weighted by Crippen LogP contribution is -1.97. The number of anilines is 1. The van der Waals surface area contributed by atoms with Gasteiger partial charge in [0.1, 0.15) is 17.1 Å². The molecule has 2 aromatic rings. The Morgan fingerprint density at radius 3 is 2.93 bits per heavy atom. The maximum Gasteiger partial charge on any atom is 0.148 e. The normalized spacial score (nSPS) is 10.6. The molecule has 1 aromatic carbocycles. The van der Waals surface area contributed by atoms with Crippen molar-refractivity contribution in [3.05, 3.63) is 18.0 Å². The Labute approximate surface area is 88.7 Å². The molecule has 0 saturated carbocycles. The van der Waals surface area contributed by atoms with Crippen LogP contribution >= 0.6 is 0 Å². The van der Waals surface area contributed by atoms with E-state index >= 15 is 0 Å². The van der Waals surface area contributed by atoms with Crippen LogP contribution in [0.1, 0.15) is 12.7 Å². The van der Waals surface area contributed by atoms with Crippen LogP contribution in [0.5, 0.6) is 5.75 Å². The molecule has 4 heteroatoms. The number of rotatable bonds is 3. The fourth-order valence-electron chi connectivity index (χ4n) is 1.67. The Morgan fingerprint density at radius 1 is 1.47 bits per heavy atom. The number of nitrogens with one attached hydrogen (secondary N) is 2. The van der Waals surface area contributed by atoms with Gasteiger partial charge in [0.25, 0.3) is 0 Å². The second-order valence-electron chi connectivity index (χ2n) is 3.43. The molecule has 0 aliphatic heterocycles. The summed E-state index contributed by atoms with van der Waals surface area (Å²) in [5, 5.41) is 3.26. The summed E-state index contributed by atoms with van der Waals surface area (Å²) in [5.41, 5.74) is 2.94. The molecule has 0 radical (unpaired) electrons. The van der Waals surface area contributed by atoms with Gasteiger partial charge < -0.3 is 15.0 Å². The van der Waals surface area contributed by atoms with Gasteiger partial charge in [-0.25, -0.2) is 4.98 Å². The number of aromatic amines is 1. The van der Waals surface area contributed by atoms with Crippen molar-refractivity contribution in [3.8, 4) is 5.75 Å². The first kappa shape index (κ1) is 9.83. The standard InChI is InChI=1S/C11H15N3O/c1-4-12-8-5-9-11(10(6-8)15-3)14-7(2)13-9/h5-6,12H,4H2,1-3H3,(H,13,14). The number of imidazole rings is 1. The summed E-state index contributed by atoms with van der Waals surface area (Å²) in [6.07, 6.45) is 0. The predicted molar refractivity (Wildman–Crippen MR) is 61.5 cm³/mol. The van der Waals surface area contributed by atoms with Crippen molar-refractivity contribution >= 4 is 16.7 Å². The van der Waals surface area contributed by atoms with Gasteiger partial charge in [-0.2, -0.15) is 0 Å². The highest BCUT2D eigenvalue weighted by Gasteiger charge is 2.07. The molecule has 4 nitrogen and oxygen atoms in total. The van der Waals surface area contributed by atoms with Crippen LogP contribution in [0.4, 0.5) is 5.69 Å². The van der Waals surface area contributed by atoms with Gasteiger partial charge in [-0.1, -0.05) is 0 Å². The first-order valence-corrected chi connectivity index (χ1v) is 5.02. The van der Waals surface area contributed by atoms with E-state index in [4.69, 9.17) is 4.74 Å². The van der Waals surface area contributed by atoms with Crippen LogP contribution in [0.2, 0.25) is 0 Å². The first-order chi connectivity index (χ1) is 7.24. The fourth-order valence-corrected chi connectivity index (χ4v) is 1.67. The lowest BCUT2D eigenvalue weighted by molar-refractivity contribution is 0.419. The highest BCUT2D eigenvalue weighted by molar-refractivity contribution is 5.85. The Kier molecular flexibility index (Phi) is 2.49. The molecule has 1 aromatic heterocycles. The van der Waals surface area contributed by atoms with Crippen LogP contribution in [-0.2, 0) is 0 Å². The minimum absolute atomic E-state index is 0.799. The van der Waals surface area contributed by atoms with E-state index in [-0.39, 0.29) is 0 Å². The van der Waals surface area contributed by atoms with Crippen molar-refractivity contribution < 1.29 is 4.74 Å². The zero-order valence-electron chi connectivity index (χ0n) is 9.22. The lowest BCUT2D eigenvalue weighted by Gasteiger charge is -2.06. The minimum atomic E-state index is 0.799. The van der Waals surface area contributed by atoms with Crippen molar-refractivity contribution in [2.45, 2.75) is 13.8 Å². The molecular weight excluding hydrogens is 190 g/mol. The Balaban J connectivity index is 2.59. The van der Waals surface area contributed by atoms with Crippen LogP contribution in [0, 0.1) is 6.92 Å². The van der Waals surface area contributed by atoms with Gasteiger partial charge in [0.05, 0.1) is 12.6 Å². The smallest absolute Gasteiger partial charge is 0.148 e. The second kappa shape index (κ2) is 3.81. The number of H-pyrrole nitrogens is 1. The molecule has 0 fully saturated rings. The molecule has 2 N–H and O–H groups in total. The van der Waals surface area contributed by atoms with Gasteiger partial charge in [-0.05, 0) is 19.9 Å². The molecule has 2 rings (SSSR count).